The molecule has 1 amide bonds. The van der Waals surface area contributed by atoms with E-state index in [0.717, 1.165) is 24.1 Å². The summed E-state index contributed by atoms with van der Waals surface area (Å²) in [7, 11) is 0. The fourth-order valence-electron chi connectivity index (χ4n) is 1.94. The van der Waals surface area contributed by atoms with Gasteiger partial charge in [0, 0.05) is 36.0 Å². The number of carbonyl (C=O) groups is 1. The molecule has 112 valence electrons. The topological polar surface area (TPSA) is 55.1 Å². The smallest absolute Gasteiger partial charge is 0.220 e. The molecule has 1 heterocycles. The van der Waals surface area contributed by atoms with Crippen molar-refractivity contribution in [3.63, 3.8) is 0 Å². The van der Waals surface area contributed by atoms with Gasteiger partial charge in [-0.2, -0.15) is 0 Å². The maximum atomic E-state index is 11.5. The number of unbranched alkanes of at least 4 members (excludes halogenated alkanes) is 1. The Morgan fingerprint density at radius 1 is 1.33 bits per heavy atom. The van der Waals surface area contributed by atoms with Gasteiger partial charge in [-0.05, 0) is 30.7 Å². The van der Waals surface area contributed by atoms with Crippen LogP contribution in [0.15, 0.2) is 34.9 Å². The Bertz CT molecular complexity index is 578. The highest BCUT2D eigenvalue weighted by atomic mass is 35.5. The number of halogens is 1. The van der Waals surface area contributed by atoms with Gasteiger partial charge in [-0.25, -0.2) is 0 Å². The molecule has 0 saturated carbocycles. The first-order valence-electron chi connectivity index (χ1n) is 7.17. The summed E-state index contributed by atoms with van der Waals surface area (Å²) >= 11 is 5.85. The van der Waals surface area contributed by atoms with E-state index in [9.17, 15) is 4.79 Å². The van der Waals surface area contributed by atoms with Gasteiger partial charge < -0.3 is 9.84 Å². The summed E-state index contributed by atoms with van der Waals surface area (Å²) in [5, 5.41) is 7.59. The molecule has 0 aliphatic carbocycles. The molecule has 1 aromatic heterocycles. The van der Waals surface area contributed by atoms with Gasteiger partial charge >= 0.3 is 0 Å². The van der Waals surface area contributed by atoms with Crippen LogP contribution in [0.25, 0.3) is 11.3 Å². The quantitative estimate of drug-likeness (QED) is 0.845. The van der Waals surface area contributed by atoms with Gasteiger partial charge in [-0.3, -0.25) is 4.79 Å². The minimum absolute atomic E-state index is 0.0956. The van der Waals surface area contributed by atoms with Crippen molar-refractivity contribution in [3.05, 3.63) is 41.0 Å². The predicted octanol–water partition coefficient (Wildman–Crippen LogP) is 3.84. The largest absolute Gasteiger partial charge is 0.356 e. The second kappa shape index (κ2) is 7.84. The first-order valence-corrected chi connectivity index (χ1v) is 7.55. The van der Waals surface area contributed by atoms with Gasteiger partial charge in [-0.15, -0.1) is 0 Å². The minimum atomic E-state index is 0.0956. The fraction of sp³-hybridized carbons (Fsp3) is 0.375. The number of benzene rings is 1. The molecule has 0 fully saturated rings. The van der Waals surface area contributed by atoms with Gasteiger partial charge in [0.25, 0.3) is 0 Å². The highest BCUT2D eigenvalue weighted by molar-refractivity contribution is 6.30. The van der Waals surface area contributed by atoms with Crippen molar-refractivity contribution in [3.8, 4) is 11.3 Å². The summed E-state index contributed by atoms with van der Waals surface area (Å²) in [6.07, 6.45) is 3.21. The molecule has 21 heavy (non-hydrogen) atoms. The Morgan fingerprint density at radius 3 is 2.81 bits per heavy atom. The zero-order chi connectivity index (χ0) is 15.1. The van der Waals surface area contributed by atoms with Crippen molar-refractivity contribution in [2.24, 2.45) is 0 Å². The number of hydrogen-bond donors (Lipinski definition) is 1. The number of carbonyl (C=O) groups excluding carboxylic acids is 1. The second-order valence-corrected chi connectivity index (χ2v) is 5.33. The fourth-order valence-corrected chi connectivity index (χ4v) is 2.06. The molecule has 0 bridgehead atoms. The molecule has 2 rings (SSSR count). The average molecular weight is 307 g/mol. The standard InChI is InChI=1S/C16H19ClN2O2/c1-2-3-4-16(20)18-10-9-14-11-15(21-19-14)12-5-7-13(17)8-6-12/h5-8,11H,2-4,9-10H2,1H3,(H,18,20). The van der Waals surface area contributed by atoms with Crippen LogP contribution in [0.3, 0.4) is 0 Å². The van der Waals surface area contributed by atoms with E-state index < -0.39 is 0 Å². The molecule has 0 unspecified atom stereocenters. The lowest BCUT2D eigenvalue weighted by molar-refractivity contribution is -0.121. The van der Waals surface area contributed by atoms with E-state index in [1.165, 1.54) is 0 Å². The lowest BCUT2D eigenvalue weighted by Crippen LogP contribution is -2.25. The molecule has 1 N–H and O–H groups in total. The van der Waals surface area contributed by atoms with Crippen molar-refractivity contribution in [1.29, 1.82) is 0 Å². The first-order chi connectivity index (χ1) is 10.2. The van der Waals surface area contributed by atoms with Crippen LogP contribution in [0, 0.1) is 0 Å². The van der Waals surface area contributed by atoms with E-state index in [0.29, 0.717) is 30.2 Å². The summed E-state index contributed by atoms with van der Waals surface area (Å²) < 4.78 is 5.31. The SMILES string of the molecule is CCCCC(=O)NCCc1cc(-c2ccc(Cl)cc2)on1. The highest BCUT2D eigenvalue weighted by Crippen LogP contribution is 2.22. The zero-order valence-electron chi connectivity index (χ0n) is 12.1. The van der Waals surface area contributed by atoms with Crippen molar-refractivity contribution in [1.82, 2.24) is 10.5 Å². The maximum Gasteiger partial charge on any atom is 0.220 e. The van der Waals surface area contributed by atoms with E-state index in [2.05, 4.69) is 17.4 Å². The van der Waals surface area contributed by atoms with Gasteiger partial charge in [0.2, 0.25) is 5.91 Å². The molecule has 5 heteroatoms. The Morgan fingerprint density at radius 2 is 2.10 bits per heavy atom. The van der Waals surface area contributed by atoms with Crippen LogP contribution < -0.4 is 5.32 Å². The van der Waals surface area contributed by atoms with E-state index in [1.807, 2.05) is 30.3 Å². The molecule has 0 aliphatic heterocycles. The van der Waals surface area contributed by atoms with Crippen LogP contribution in [-0.2, 0) is 11.2 Å². The Hall–Kier alpha value is -1.81. The van der Waals surface area contributed by atoms with E-state index in [4.69, 9.17) is 16.1 Å². The molecule has 0 radical (unpaired) electrons. The van der Waals surface area contributed by atoms with Gasteiger partial charge in [0.15, 0.2) is 5.76 Å². The predicted molar refractivity (Wildman–Crippen MR) is 83.2 cm³/mol. The Labute approximate surface area is 129 Å². The minimum Gasteiger partial charge on any atom is -0.356 e. The molecule has 0 aliphatic rings. The molecule has 0 atom stereocenters. The molecule has 1 aromatic carbocycles. The molecular weight excluding hydrogens is 288 g/mol. The summed E-state index contributed by atoms with van der Waals surface area (Å²) in [5.74, 6) is 0.803. The number of aromatic nitrogens is 1. The monoisotopic (exact) mass is 306 g/mol. The third-order valence-corrected chi connectivity index (χ3v) is 3.40. The zero-order valence-corrected chi connectivity index (χ0v) is 12.8. The van der Waals surface area contributed by atoms with Crippen LogP contribution in [0.2, 0.25) is 5.02 Å². The average Bonchev–Trinajstić information content (AvgIpc) is 2.95. The molecule has 2 aromatic rings. The molecule has 0 saturated heterocycles. The second-order valence-electron chi connectivity index (χ2n) is 4.89. The third-order valence-electron chi connectivity index (χ3n) is 3.15. The van der Waals surface area contributed by atoms with Gasteiger partial charge in [0.05, 0.1) is 5.69 Å². The van der Waals surface area contributed by atoms with Crippen LogP contribution >= 0.6 is 11.6 Å². The number of nitrogens with one attached hydrogen (secondary N) is 1. The van der Waals surface area contributed by atoms with Crippen molar-refractivity contribution >= 4 is 17.5 Å². The number of amides is 1. The van der Waals surface area contributed by atoms with E-state index in [-0.39, 0.29) is 5.91 Å². The van der Waals surface area contributed by atoms with E-state index in [1.54, 1.807) is 0 Å². The van der Waals surface area contributed by atoms with Crippen LogP contribution in [0.4, 0.5) is 0 Å². The maximum absolute atomic E-state index is 11.5. The van der Waals surface area contributed by atoms with Crippen LogP contribution in [0.1, 0.15) is 31.9 Å². The van der Waals surface area contributed by atoms with Crippen LogP contribution in [0.5, 0.6) is 0 Å². The first kappa shape index (κ1) is 15.6. The lowest BCUT2D eigenvalue weighted by Gasteiger charge is -2.02. The van der Waals surface area contributed by atoms with Crippen LogP contribution in [-0.4, -0.2) is 17.6 Å². The number of hydrogen-bond acceptors (Lipinski definition) is 3. The summed E-state index contributed by atoms with van der Waals surface area (Å²) in [4.78, 5) is 11.5. The molecule has 4 nitrogen and oxygen atoms in total. The Kier molecular flexibility index (Phi) is 5.81. The number of rotatable bonds is 7. The van der Waals surface area contributed by atoms with Gasteiger partial charge in [-0.1, -0.05) is 30.1 Å². The third kappa shape index (κ3) is 4.90. The normalized spacial score (nSPS) is 10.6. The molecular formula is C16H19ClN2O2. The molecule has 0 spiro atoms. The highest BCUT2D eigenvalue weighted by Gasteiger charge is 2.07. The van der Waals surface area contributed by atoms with E-state index >= 15 is 0 Å². The summed E-state index contributed by atoms with van der Waals surface area (Å²) in [6.45, 7) is 2.65. The Balaban J connectivity index is 1.83. The van der Waals surface area contributed by atoms with Crippen molar-refractivity contribution in [2.75, 3.05) is 6.54 Å². The van der Waals surface area contributed by atoms with Crippen molar-refractivity contribution in [2.45, 2.75) is 32.6 Å². The van der Waals surface area contributed by atoms with Gasteiger partial charge in [0.1, 0.15) is 0 Å². The summed E-state index contributed by atoms with van der Waals surface area (Å²) in [6, 6.07) is 9.29. The summed E-state index contributed by atoms with van der Waals surface area (Å²) in [5.41, 5.74) is 1.76. The van der Waals surface area contributed by atoms with Crippen molar-refractivity contribution < 1.29 is 9.32 Å². The lowest BCUT2D eigenvalue weighted by atomic mass is 10.1. The number of nitrogens with zero attached hydrogens (tertiary/aromatic N) is 1.